The molecule has 0 aromatic carbocycles. The molecule has 0 saturated heterocycles. The van der Waals surface area contributed by atoms with Gasteiger partial charge in [0, 0.05) is 6.42 Å². The molecule has 0 radical (unpaired) electrons. The average Bonchev–Trinajstić information content (AvgIpc) is 1.83. The molecule has 0 rings (SSSR count). The zero-order valence-electron chi connectivity index (χ0n) is 5.85. The van der Waals surface area contributed by atoms with Gasteiger partial charge in [-0.2, -0.15) is 0 Å². The van der Waals surface area contributed by atoms with Gasteiger partial charge >= 0.3 is 5.97 Å². The van der Waals surface area contributed by atoms with E-state index in [1.54, 1.807) is 0 Å². The van der Waals surface area contributed by atoms with Crippen LogP contribution in [-0.4, -0.2) is 13.1 Å². The van der Waals surface area contributed by atoms with Gasteiger partial charge in [0.2, 0.25) is 0 Å². The number of rotatable bonds is 3. The summed E-state index contributed by atoms with van der Waals surface area (Å²) >= 11 is 0. The fourth-order valence-electron chi connectivity index (χ4n) is 0.423. The molecule has 0 bridgehead atoms. The fraction of sp³-hybridized carbons (Fsp3) is 0.833. The van der Waals surface area contributed by atoms with Crippen LogP contribution < -0.4 is 0 Å². The zero-order chi connectivity index (χ0) is 6.41. The first kappa shape index (κ1) is 11.7. The van der Waals surface area contributed by atoms with Crippen LogP contribution in [0.5, 0.6) is 0 Å². The molecule has 0 aliphatic rings. The SMILES string of the molecule is Br.CCCCC(=O)OC. The maximum absolute atomic E-state index is 10.3. The Kier molecular flexibility index (Phi) is 10.3. The van der Waals surface area contributed by atoms with Crippen LogP contribution >= 0.6 is 17.0 Å². The van der Waals surface area contributed by atoms with Crippen molar-refractivity contribution in [2.24, 2.45) is 0 Å². The predicted molar refractivity (Wildman–Crippen MR) is 41.9 cm³/mol. The van der Waals surface area contributed by atoms with Gasteiger partial charge in [0.05, 0.1) is 7.11 Å². The van der Waals surface area contributed by atoms with Crippen LogP contribution in [0.2, 0.25) is 0 Å². The lowest BCUT2D eigenvalue weighted by Crippen LogP contribution is -1.98. The quantitative estimate of drug-likeness (QED) is 0.646. The molecule has 0 heterocycles. The maximum atomic E-state index is 10.3. The minimum atomic E-state index is -0.105. The smallest absolute Gasteiger partial charge is 0.305 e. The third-order valence-electron chi connectivity index (χ3n) is 0.962. The number of hydrogen-bond acceptors (Lipinski definition) is 2. The summed E-state index contributed by atoms with van der Waals surface area (Å²) < 4.78 is 4.41. The van der Waals surface area contributed by atoms with Crippen LogP contribution in [0.4, 0.5) is 0 Å². The Labute approximate surface area is 66.4 Å². The Balaban J connectivity index is 0. The van der Waals surface area contributed by atoms with Crippen LogP contribution in [-0.2, 0) is 9.53 Å². The second-order valence-electron chi connectivity index (χ2n) is 1.68. The first-order valence-corrected chi connectivity index (χ1v) is 2.88. The molecule has 2 nitrogen and oxygen atoms in total. The molecule has 0 aromatic heterocycles. The first-order chi connectivity index (χ1) is 3.81. The van der Waals surface area contributed by atoms with Gasteiger partial charge < -0.3 is 4.74 Å². The van der Waals surface area contributed by atoms with E-state index in [1.165, 1.54) is 7.11 Å². The second kappa shape index (κ2) is 7.95. The van der Waals surface area contributed by atoms with Crippen LogP contribution in [0.25, 0.3) is 0 Å². The lowest BCUT2D eigenvalue weighted by atomic mass is 10.3. The average molecular weight is 197 g/mol. The van der Waals surface area contributed by atoms with Crippen molar-refractivity contribution in [3.05, 3.63) is 0 Å². The third-order valence-corrected chi connectivity index (χ3v) is 0.962. The van der Waals surface area contributed by atoms with Crippen molar-refractivity contribution in [1.82, 2.24) is 0 Å². The van der Waals surface area contributed by atoms with Gasteiger partial charge in [-0.15, -0.1) is 17.0 Å². The van der Waals surface area contributed by atoms with Crippen molar-refractivity contribution in [3.63, 3.8) is 0 Å². The van der Waals surface area contributed by atoms with Gasteiger partial charge in [0.25, 0.3) is 0 Å². The molecular formula is C6H13BrO2. The Bertz CT molecular complexity index is 73.5. The van der Waals surface area contributed by atoms with Gasteiger partial charge in [-0.05, 0) is 6.42 Å². The van der Waals surface area contributed by atoms with E-state index < -0.39 is 0 Å². The Hall–Kier alpha value is -0.0500. The van der Waals surface area contributed by atoms with E-state index in [2.05, 4.69) is 4.74 Å². The van der Waals surface area contributed by atoms with Gasteiger partial charge in [-0.25, -0.2) is 0 Å². The summed E-state index contributed by atoms with van der Waals surface area (Å²) in [5.74, 6) is -0.105. The highest BCUT2D eigenvalue weighted by molar-refractivity contribution is 8.93. The molecule has 0 aliphatic heterocycles. The van der Waals surface area contributed by atoms with Gasteiger partial charge in [0.15, 0.2) is 0 Å². The Morgan fingerprint density at radius 1 is 1.56 bits per heavy atom. The van der Waals surface area contributed by atoms with Crippen molar-refractivity contribution < 1.29 is 9.53 Å². The molecule has 0 unspecified atom stereocenters. The minimum Gasteiger partial charge on any atom is -0.469 e. The summed E-state index contributed by atoms with van der Waals surface area (Å²) in [6.07, 6.45) is 2.55. The molecule has 0 fully saturated rings. The number of unbranched alkanes of at least 4 members (excludes halogenated alkanes) is 1. The summed E-state index contributed by atoms with van der Waals surface area (Å²) in [6.45, 7) is 2.04. The normalized spacial score (nSPS) is 7.78. The second-order valence-corrected chi connectivity index (χ2v) is 1.68. The minimum absolute atomic E-state index is 0. The molecular weight excluding hydrogens is 184 g/mol. The van der Waals surface area contributed by atoms with Crippen LogP contribution in [0.3, 0.4) is 0 Å². The van der Waals surface area contributed by atoms with E-state index in [4.69, 9.17) is 0 Å². The van der Waals surface area contributed by atoms with Gasteiger partial charge in [-0.3, -0.25) is 4.79 Å². The number of ether oxygens (including phenoxy) is 1. The highest BCUT2D eigenvalue weighted by Crippen LogP contribution is 1.94. The standard InChI is InChI=1S/C6H12O2.BrH/c1-3-4-5-6(7)8-2;/h3-5H2,1-2H3;1H. The largest absolute Gasteiger partial charge is 0.469 e. The highest BCUT2D eigenvalue weighted by atomic mass is 79.9. The van der Waals surface area contributed by atoms with Crippen LogP contribution in [0, 0.1) is 0 Å². The van der Waals surface area contributed by atoms with Crippen molar-refractivity contribution >= 4 is 23.0 Å². The van der Waals surface area contributed by atoms with E-state index in [9.17, 15) is 4.79 Å². The van der Waals surface area contributed by atoms with E-state index in [1.807, 2.05) is 6.92 Å². The van der Waals surface area contributed by atoms with Crippen LogP contribution in [0.15, 0.2) is 0 Å². The third kappa shape index (κ3) is 7.95. The summed E-state index contributed by atoms with van der Waals surface area (Å²) in [5.41, 5.74) is 0. The molecule has 0 saturated carbocycles. The topological polar surface area (TPSA) is 26.3 Å². The zero-order valence-corrected chi connectivity index (χ0v) is 7.56. The number of carbonyl (C=O) groups excluding carboxylic acids is 1. The van der Waals surface area contributed by atoms with E-state index >= 15 is 0 Å². The first-order valence-electron chi connectivity index (χ1n) is 2.88. The van der Waals surface area contributed by atoms with Gasteiger partial charge in [0.1, 0.15) is 0 Å². The van der Waals surface area contributed by atoms with E-state index in [-0.39, 0.29) is 23.0 Å². The van der Waals surface area contributed by atoms with Crippen molar-refractivity contribution in [3.8, 4) is 0 Å². The Morgan fingerprint density at radius 2 is 2.11 bits per heavy atom. The van der Waals surface area contributed by atoms with E-state index in [0.717, 1.165) is 12.8 Å². The molecule has 0 N–H and O–H groups in total. The fourth-order valence-corrected chi connectivity index (χ4v) is 0.423. The summed E-state index contributed by atoms with van der Waals surface area (Å²) in [4.78, 5) is 10.3. The van der Waals surface area contributed by atoms with Crippen molar-refractivity contribution in [1.29, 1.82) is 0 Å². The number of esters is 1. The molecule has 56 valence electrons. The van der Waals surface area contributed by atoms with Crippen LogP contribution in [0.1, 0.15) is 26.2 Å². The number of halogens is 1. The molecule has 0 amide bonds. The molecule has 0 spiro atoms. The van der Waals surface area contributed by atoms with Crippen molar-refractivity contribution in [2.75, 3.05) is 7.11 Å². The molecule has 0 aliphatic carbocycles. The summed E-state index contributed by atoms with van der Waals surface area (Å²) in [7, 11) is 1.41. The summed E-state index contributed by atoms with van der Waals surface area (Å²) in [6, 6.07) is 0. The monoisotopic (exact) mass is 196 g/mol. The maximum Gasteiger partial charge on any atom is 0.305 e. The molecule has 9 heavy (non-hydrogen) atoms. The predicted octanol–water partition coefficient (Wildman–Crippen LogP) is 1.93. The van der Waals surface area contributed by atoms with E-state index in [0.29, 0.717) is 6.42 Å². The molecule has 0 aromatic rings. The Morgan fingerprint density at radius 3 is 2.44 bits per heavy atom. The number of hydrogen-bond donors (Lipinski definition) is 0. The molecule has 0 atom stereocenters. The van der Waals surface area contributed by atoms with Crippen molar-refractivity contribution in [2.45, 2.75) is 26.2 Å². The van der Waals surface area contributed by atoms with Gasteiger partial charge in [-0.1, -0.05) is 13.3 Å². The number of carbonyl (C=O) groups is 1. The number of methoxy groups -OCH3 is 1. The lowest BCUT2D eigenvalue weighted by Gasteiger charge is -1.93. The highest BCUT2D eigenvalue weighted by Gasteiger charge is 1.95. The lowest BCUT2D eigenvalue weighted by molar-refractivity contribution is -0.140. The summed E-state index contributed by atoms with van der Waals surface area (Å²) in [5, 5.41) is 0. The molecule has 3 heteroatoms.